The molecule has 0 bridgehead atoms. The Balaban J connectivity index is 2.54. The molecule has 1 aromatic rings. The standard InChI is InChI=1S/C17H32N2S/c1-13(2)10-19(11-14(3)4)12-17-8-7-16(20-17)9-18-15(5)6/h7-8,13-15,18H,9-12H2,1-6H3. The zero-order valence-electron chi connectivity index (χ0n) is 14.1. The van der Waals surface area contributed by atoms with Gasteiger partial charge in [-0.3, -0.25) is 4.90 Å². The van der Waals surface area contributed by atoms with E-state index in [0.717, 1.165) is 24.9 Å². The molecule has 0 atom stereocenters. The first-order valence-corrected chi connectivity index (χ1v) is 8.71. The van der Waals surface area contributed by atoms with Gasteiger partial charge in [0.2, 0.25) is 0 Å². The molecule has 20 heavy (non-hydrogen) atoms. The Kier molecular flexibility index (Phi) is 7.78. The minimum atomic E-state index is 0.555. The van der Waals surface area contributed by atoms with E-state index in [1.807, 2.05) is 11.3 Å². The largest absolute Gasteiger partial charge is 0.310 e. The third-order valence-corrected chi connectivity index (χ3v) is 4.10. The zero-order valence-corrected chi connectivity index (χ0v) is 14.9. The van der Waals surface area contributed by atoms with Crippen LogP contribution in [0.5, 0.6) is 0 Å². The number of thiophene rings is 1. The van der Waals surface area contributed by atoms with Crippen molar-refractivity contribution in [1.29, 1.82) is 0 Å². The van der Waals surface area contributed by atoms with Crippen LogP contribution in [0.1, 0.15) is 51.3 Å². The maximum atomic E-state index is 3.49. The fourth-order valence-corrected chi connectivity index (χ4v) is 3.38. The van der Waals surface area contributed by atoms with Crippen molar-refractivity contribution in [2.75, 3.05) is 13.1 Å². The maximum absolute atomic E-state index is 3.49. The fraction of sp³-hybridized carbons (Fsp3) is 0.765. The molecule has 0 aliphatic heterocycles. The molecule has 0 saturated heterocycles. The summed E-state index contributed by atoms with van der Waals surface area (Å²) in [7, 11) is 0. The molecule has 0 aromatic carbocycles. The van der Waals surface area contributed by atoms with Crippen LogP contribution in [0.25, 0.3) is 0 Å². The summed E-state index contributed by atoms with van der Waals surface area (Å²) in [5.41, 5.74) is 0. The van der Waals surface area contributed by atoms with Crippen LogP contribution in [-0.2, 0) is 13.1 Å². The number of nitrogens with one attached hydrogen (secondary N) is 1. The molecule has 0 radical (unpaired) electrons. The Hall–Kier alpha value is -0.380. The van der Waals surface area contributed by atoms with E-state index in [4.69, 9.17) is 0 Å². The Labute approximate surface area is 129 Å². The van der Waals surface area contributed by atoms with Crippen molar-refractivity contribution >= 4 is 11.3 Å². The highest BCUT2D eigenvalue weighted by atomic mass is 32.1. The van der Waals surface area contributed by atoms with Gasteiger partial charge in [0.25, 0.3) is 0 Å². The third-order valence-electron chi connectivity index (χ3n) is 3.03. The van der Waals surface area contributed by atoms with E-state index in [0.29, 0.717) is 6.04 Å². The second-order valence-electron chi connectivity index (χ2n) is 6.89. The average Bonchev–Trinajstić information content (AvgIpc) is 2.72. The van der Waals surface area contributed by atoms with Crippen molar-refractivity contribution in [3.63, 3.8) is 0 Å². The lowest BCUT2D eigenvalue weighted by molar-refractivity contribution is 0.213. The number of rotatable bonds is 9. The summed E-state index contributed by atoms with van der Waals surface area (Å²) < 4.78 is 0. The molecule has 1 heterocycles. The highest BCUT2D eigenvalue weighted by Gasteiger charge is 2.11. The summed E-state index contributed by atoms with van der Waals surface area (Å²) in [5, 5.41) is 3.49. The first kappa shape index (κ1) is 17.7. The van der Waals surface area contributed by atoms with E-state index in [1.165, 1.54) is 22.8 Å². The van der Waals surface area contributed by atoms with Gasteiger partial charge >= 0.3 is 0 Å². The second kappa shape index (κ2) is 8.81. The zero-order chi connectivity index (χ0) is 15.1. The van der Waals surface area contributed by atoms with E-state index >= 15 is 0 Å². The fourth-order valence-electron chi connectivity index (χ4n) is 2.36. The van der Waals surface area contributed by atoms with Crippen LogP contribution in [0.3, 0.4) is 0 Å². The van der Waals surface area contributed by atoms with Crippen molar-refractivity contribution < 1.29 is 0 Å². The molecule has 1 aromatic heterocycles. The summed E-state index contributed by atoms with van der Waals surface area (Å²) in [4.78, 5) is 5.54. The minimum absolute atomic E-state index is 0.555. The van der Waals surface area contributed by atoms with E-state index in [-0.39, 0.29) is 0 Å². The van der Waals surface area contributed by atoms with Gasteiger partial charge in [0, 0.05) is 42.0 Å². The Morgan fingerprint density at radius 1 is 0.950 bits per heavy atom. The molecule has 116 valence electrons. The number of hydrogen-bond acceptors (Lipinski definition) is 3. The molecule has 0 aliphatic rings. The normalized spacial score (nSPS) is 12.3. The van der Waals surface area contributed by atoms with Crippen LogP contribution in [0, 0.1) is 11.8 Å². The highest BCUT2D eigenvalue weighted by Crippen LogP contribution is 2.19. The molecule has 0 unspecified atom stereocenters. The van der Waals surface area contributed by atoms with Gasteiger partial charge < -0.3 is 5.32 Å². The molecule has 0 fully saturated rings. The summed E-state index contributed by atoms with van der Waals surface area (Å²) in [6.07, 6.45) is 0. The van der Waals surface area contributed by atoms with Crippen molar-refractivity contribution in [2.45, 2.75) is 60.7 Å². The van der Waals surface area contributed by atoms with Crippen LogP contribution >= 0.6 is 11.3 Å². The highest BCUT2D eigenvalue weighted by molar-refractivity contribution is 7.11. The molecule has 2 nitrogen and oxygen atoms in total. The second-order valence-corrected chi connectivity index (χ2v) is 8.14. The minimum Gasteiger partial charge on any atom is -0.310 e. The van der Waals surface area contributed by atoms with Crippen LogP contribution in [0.15, 0.2) is 12.1 Å². The molecule has 1 N–H and O–H groups in total. The lowest BCUT2D eigenvalue weighted by atomic mass is 10.1. The summed E-state index contributed by atoms with van der Waals surface area (Å²) in [6.45, 7) is 18.1. The van der Waals surface area contributed by atoms with Crippen LogP contribution in [0.2, 0.25) is 0 Å². The van der Waals surface area contributed by atoms with E-state index in [1.54, 1.807) is 0 Å². The predicted octanol–water partition coefficient (Wildman–Crippen LogP) is 4.36. The molecule has 0 amide bonds. The van der Waals surface area contributed by atoms with Gasteiger partial charge in [-0.2, -0.15) is 0 Å². The summed E-state index contributed by atoms with van der Waals surface area (Å²) in [5.74, 6) is 1.46. The average molecular weight is 297 g/mol. The molecular formula is C17H32N2S. The van der Waals surface area contributed by atoms with Crippen molar-refractivity contribution in [3.8, 4) is 0 Å². The molecule has 0 saturated carbocycles. The topological polar surface area (TPSA) is 15.3 Å². The molecular weight excluding hydrogens is 264 g/mol. The Bertz CT molecular complexity index is 359. The van der Waals surface area contributed by atoms with Crippen molar-refractivity contribution in [3.05, 3.63) is 21.9 Å². The lowest BCUT2D eigenvalue weighted by Gasteiger charge is -2.25. The van der Waals surface area contributed by atoms with Gasteiger partial charge in [-0.1, -0.05) is 41.5 Å². The van der Waals surface area contributed by atoms with Gasteiger partial charge in [0.05, 0.1) is 0 Å². The van der Waals surface area contributed by atoms with Gasteiger partial charge in [-0.05, 0) is 24.0 Å². The van der Waals surface area contributed by atoms with Crippen molar-refractivity contribution in [1.82, 2.24) is 10.2 Å². The SMILES string of the molecule is CC(C)CN(Cc1ccc(CNC(C)C)s1)CC(C)C. The Morgan fingerprint density at radius 3 is 2.00 bits per heavy atom. The van der Waals surface area contributed by atoms with E-state index in [9.17, 15) is 0 Å². The quantitative estimate of drug-likeness (QED) is 0.728. The van der Waals surface area contributed by atoms with E-state index < -0.39 is 0 Å². The smallest absolute Gasteiger partial charge is 0.0328 e. The maximum Gasteiger partial charge on any atom is 0.0328 e. The Morgan fingerprint density at radius 2 is 1.50 bits per heavy atom. The van der Waals surface area contributed by atoms with Crippen LogP contribution < -0.4 is 5.32 Å². The first-order chi connectivity index (χ1) is 9.36. The number of nitrogens with zero attached hydrogens (tertiary/aromatic N) is 1. The molecule has 0 aliphatic carbocycles. The predicted molar refractivity (Wildman–Crippen MR) is 91.2 cm³/mol. The van der Waals surface area contributed by atoms with Gasteiger partial charge in [0.15, 0.2) is 0 Å². The van der Waals surface area contributed by atoms with E-state index in [2.05, 4.69) is 63.9 Å². The van der Waals surface area contributed by atoms with Gasteiger partial charge in [-0.25, -0.2) is 0 Å². The van der Waals surface area contributed by atoms with Gasteiger partial charge in [-0.15, -0.1) is 11.3 Å². The molecule has 1 rings (SSSR count). The summed E-state index contributed by atoms with van der Waals surface area (Å²) in [6, 6.07) is 5.13. The monoisotopic (exact) mass is 296 g/mol. The lowest BCUT2D eigenvalue weighted by Crippen LogP contribution is -2.30. The van der Waals surface area contributed by atoms with Crippen LogP contribution in [0.4, 0.5) is 0 Å². The third kappa shape index (κ3) is 7.41. The molecule has 3 heteroatoms. The van der Waals surface area contributed by atoms with Crippen LogP contribution in [-0.4, -0.2) is 24.0 Å². The van der Waals surface area contributed by atoms with Crippen molar-refractivity contribution in [2.24, 2.45) is 11.8 Å². The molecule has 0 spiro atoms. The summed E-state index contributed by atoms with van der Waals surface area (Å²) >= 11 is 1.95. The number of hydrogen-bond donors (Lipinski definition) is 1. The van der Waals surface area contributed by atoms with Gasteiger partial charge in [0.1, 0.15) is 0 Å². The first-order valence-electron chi connectivity index (χ1n) is 7.90.